The zero-order valence-electron chi connectivity index (χ0n) is 10.5. The molecule has 0 saturated heterocycles. The van der Waals surface area contributed by atoms with E-state index in [1.165, 1.54) is 12.8 Å². The molecule has 104 valence electrons. The molecular weight excluding hydrogens is 305 g/mol. The highest BCUT2D eigenvalue weighted by atomic mass is 35.5. The third kappa shape index (κ3) is 4.27. The Hall–Kier alpha value is -0.440. The van der Waals surface area contributed by atoms with Gasteiger partial charge in [-0.3, -0.25) is 4.79 Å². The number of alkyl halides is 1. The first kappa shape index (κ1) is 15.0. The predicted molar refractivity (Wildman–Crippen MR) is 80.4 cm³/mol. The molecule has 2 nitrogen and oxygen atoms in total. The van der Waals surface area contributed by atoms with Crippen LogP contribution in [0.2, 0.25) is 10.0 Å². The summed E-state index contributed by atoms with van der Waals surface area (Å²) >= 11 is 18.0. The van der Waals surface area contributed by atoms with Gasteiger partial charge in [-0.25, -0.2) is 0 Å². The van der Waals surface area contributed by atoms with E-state index in [0.29, 0.717) is 28.1 Å². The molecule has 1 aromatic rings. The summed E-state index contributed by atoms with van der Waals surface area (Å²) in [5.41, 5.74) is 0.486. The third-order valence-corrected chi connectivity index (χ3v) is 4.48. The monoisotopic (exact) mass is 319 g/mol. The van der Waals surface area contributed by atoms with Crippen LogP contribution in [0.4, 0.5) is 0 Å². The molecule has 2 rings (SSSR count). The molecule has 0 bridgehead atoms. The summed E-state index contributed by atoms with van der Waals surface area (Å²) in [4.78, 5) is 12.0. The van der Waals surface area contributed by atoms with Gasteiger partial charge < -0.3 is 5.32 Å². The molecule has 0 aliphatic heterocycles. The number of halogens is 3. The van der Waals surface area contributed by atoms with Crippen molar-refractivity contribution in [1.82, 2.24) is 5.32 Å². The molecule has 1 amide bonds. The molecule has 1 saturated carbocycles. The van der Waals surface area contributed by atoms with Gasteiger partial charge in [-0.15, -0.1) is 11.6 Å². The van der Waals surface area contributed by atoms with Crippen molar-refractivity contribution in [3.8, 4) is 0 Å². The van der Waals surface area contributed by atoms with Gasteiger partial charge in [0.15, 0.2) is 0 Å². The standard InChI is InChI=1S/C14H16Cl3NO/c15-11-5-10(6-12(16)7-11)14(19)18-8-9-3-1-2-4-13(9)17/h5-7,9,13H,1-4,8H2,(H,18,19). The number of nitrogens with one attached hydrogen (secondary N) is 1. The SMILES string of the molecule is O=C(NCC1CCCCC1Cl)c1cc(Cl)cc(Cl)c1. The Balaban J connectivity index is 1.93. The Labute approximate surface area is 128 Å². The fraction of sp³-hybridized carbons (Fsp3) is 0.500. The molecule has 1 aliphatic rings. The maximum absolute atomic E-state index is 12.0. The summed E-state index contributed by atoms with van der Waals surface area (Å²) in [6.07, 6.45) is 4.48. The van der Waals surface area contributed by atoms with Crippen molar-refractivity contribution in [3.05, 3.63) is 33.8 Å². The molecule has 0 radical (unpaired) electrons. The minimum absolute atomic E-state index is 0.154. The first-order chi connectivity index (χ1) is 9.06. The number of carbonyl (C=O) groups excluding carboxylic acids is 1. The Bertz CT molecular complexity index is 444. The first-order valence-corrected chi connectivity index (χ1v) is 7.64. The zero-order chi connectivity index (χ0) is 13.8. The van der Waals surface area contributed by atoms with Crippen molar-refractivity contribution in [2.45, 2.75) is 31.1 Å². The molecule has 0 aromatic heterocycles. The van der Waals surface area contributed by atoms with E-state index in [9.17, 15) is 4.79 Å². The van der Waals surface area contributed by atoms with Gasteiger partial charge in [0.05, 0.1) is 0 Å². The Morgan fingerprint density at radius 1 is 1.16 bits per heavy atom. The van der Waals surface area contributed by atoms with Crippen LogP contribution in [0.1, 0.15) is 36.0 Å². The van der Waals surface area contributed by atoms with Crippen LogP contribution in [0, 0.1) is 5.92 Å². The van der Waals surface area contributed by atoms with E-state index >= 15 is 0 Å². The normalized spacial score (nSPS) is 23.1. The lowest BCUT2D eigenvalue weighted by atomic mass is 9.88. The second-order valence-electron chi connectivity index (χ2n) is 4.93. The van der Waals surface area contributed by atoms with E-state index in [2.05, 4.69) is 5.32 Å². The summed E-state index contributed by atoms with van der Waals surface area (Å²) in [6.45, 7) is 0.608. The van der Waals surface area contributed by atoms with Gasteiger partial charge in [-0.1, -0.05) is 36.0 Å². The summed E-state index contributed by atoms with van der Waals surface area (Å²) in [5.74, 6) is 0.202. The lowest BCUT2D eigenvalue weighted by molar-refractivity contribution is 0.0944. The van der Waals surface area contributed by atoms with Crippen molar-refractivity contribution in [1.29, 1.82) is 0 Å². The van der Waals surface area contributed by atoms with Crippen molar-refractivity contribution in [3.63, 3.8) is 0 Å². The Morgan fingerprint density at radius 3 is 2.42 bits per heavy atom. The van der Waals surface area contributed by atoms with E-state index in [-0.39, 0.29) is 11.3 Å². The van der Waals surface area contributed by atoms with Crippen LogP contribution < -0.4 is 5.32 Å². The maximum Gasteiger partial charge on any atom is 0.251 e. The molecule has 1 aliphatic carbocycles. The highest BCUT2D eigenvalue weighted by molar-refractivity contribution is 6.35. The zero-order valence-corrected chi connectivity index (χ0v) is 12.7. The van der Waals surface area contributed by atoms with Crippen LogP contribution in [-0.4, -0.2) is 17.8 Å². The van der Waals surface area contributed by atoms with Crippen molar-refractivity contribution in [2.24, 2.45) is 5.92 Å². The molecular formula is C14H16Cl3NO. The molecule has 0 spiro atoms. The number of amides is 1. The molecule has 19 heavy (non-hydrogen) atoms. The average molecular weight is 321 g/mol. The second kappa shape index (κ2) is 6.83. The smallest absolute Gasteiger partial charge is 0.251 e. The van der Waals surface area contributed by atoms with Gasteiger partial charge in [-0.05, 0) is 37.0 Å². The summed E-state index contributed by atoms with van der Waals surface area (Å²) in [6, 6.07) is 4.83. The van der Waals surface area contributed by atoms with Gasteiger partial charge in [0.2, 0.25) is 0 Å². The third-order valence-electron chi connectivity index (χ3n) is 3.47. The van der Waals surface area contributed by atoms with E-state index in [0.717, 1.165) is 12.8 Å². The highest BCUT2D eigenvalue weighted by Crippen LogP contribution is 2.28. The first-order valence-electron chi connectivity index (χ1n) is 6.44. The second-order valence-corrected chi connectivity index (χ2v) is 6.36. The average Bonchev–Trinajstić information content (AvgIpc) is 2.36. The minimum Gasteiger partial charge on any atom is -0.352 e. The highest BCUT2D eigenvalue weighted by Gasteiger charge is 2.23. The van der Waals surface area contributed by atoms with Gasteiger partial charge >= 0.3 is 0 Å². The van der Waals surface area contributed by atoms with Crippen LogP contribution in [-0.2, 0) is 0 Å². The van der Waals surface area contributed by atoms with Crippen LogP contribution >= 0.6 is 34.8 Å². The number of hydrogen-bond acceptors (Lipinski definition) is 1. The fourth-order valence-electron chi connectivity index (χ4n) is 2.40. The van der Waals surface area contributed by atoms with Crippen LogP contribution in [0.3, 0.4) is 0 Å². The fourth-order valence-corrected chi connectivity index (χ4v) is 3.30. The Morgan fingerprint density at radius 2 is 1.79 bits per heavy atom. The largest absolute Gasteiger partial charge is 0.352 e. The Kier molecular flexibility index (Phi) is 5.37. The predicted octanol–water partition coefficient (Wildman–Crippen LogP) is 4.52. The van der Waals surface area contributed by atoms with Crippen molar-refractivity contribution < 1.29 is 4.79 Å². The van der Waals surface area contributed by atoms with Crippen LogP contribution in [0.25, 0.3) is 0 Å². The number of rotatable bonds is 3. The van der Waals surface area contributed by atoms with E-state index in [1.54, 1.807) is 18.2 Å². The van der Waals surface area contributed by atoms with E-state index < -0.39 is 0 Å². The summed E-state index contributed by atoms with van der Waals surface area (Å²) in [5, 5.41) is 4.00. The molecule has 5 heteroatoms. The van der Waals surface area contributed by atoms with Crippen LogP contribution in [0.5, 0.6) is 0 Å². The summed E-state index contributed by atoms with van der Waals surface area (Å²) < 4.78 is 0. The van der Waals surface area contributed by atoms with Gasteiger partial charge in [0.1, 0.15) is 0 Å². The van der Waals surface area contributed by atoms with Gasteiger partial charge in [0, 0.05) is 27.5 Å². The van der Waals surface area contributed by atoms with E-state index in [4.69, 9.17) is 34.8 Å². The van der Waals surface area contributed by atoms with E-state index in [1.807, 2.05) is 0 Å². The topological polar surface area (TPSA) is 29.1 Å². The molecule has 0 heterocycles. The molecule has 1 aromatic carbocycles. The number of benzene rings is 1. The lowest BCUT2D eigenvalue weighted by Crippen LogP contribution is -2.34. The summed E-state index contributed by atoms with van der Waals surface area (Å²) in [7, 11) is 0. The lowest BCUT2D eigenvalue weighted by Gasteiger charge is -2.27. The van der Waals surface area contributed by atoms with Gasteiger partial charge in [-0.2, -0.15) is 0 Å². The maximum atomic E-state index is 12.0. The minimum atomic E-state index is -0.154. The molecule has 1 fully saturated rings. The molecule has 2 unspecified atom stereocenters. The molecule has 2 atom stereocenters. The van der Waals surface area contributed by atoms with Crippen LogP contribution in [0.15, 0.2) is 18.2 Å². The molecule has 1 N–H and O–H groups in total. The van der Waals surface area contributed by atoms with Crippen molar-refractivity contribution in [2.75, 3.05) is 6.54 Å². The van der Waals surface area contributed by atoms with Crippen molar-refractivity contribution >= 4 is 40.7 Å². The quantitative estimate of drug-likeness (QED) is 0.815. The number of hydrogen-bond donors (Lipinski definition) is 1. The van der Waals surface area contributed by atoms with Gasteiger partial charge in [0.25, 0.3) is 5.91 Å². The number of carbonyl (C=O) groups is 1.